The van der Waals surface area contributed by atoms with E-state index in [1.54, 1.807) is 0 Å². The van der Waals surface area contributed by atoms with E-state index in [9.17, 15) is 0 Å². The summed E-state index contributed by atoms with van der Waals surface area (Å²) in [4.78, 5) is 0. The van der Waals surface area contributed by atoms with Crippen molar-refractivity contribution in [1.82, 2.24) is 0 Å². The number of hydrogen-bond donors (Lipinski definition) is 0. The maximum Gasteiger partial charge on any atom is 0.122 e. The lowest BCUT2D eigenvalue weighted by Crippen LogP contribution is -2.31. The molecule has 1 aromatic carbocycles. The fourth-order valence-electron chi connectivity index (χ4n) is 3.24. The lowest BCUT2D eigenvalue weighted by Gasteiger charge is -2.36. The van der Waals surface area contributed by atoms with E-state index in [2.05, 4.69) is 25.1 Å². The second-order valence-electron chi connectivity index (χ2n) is 5.94. The standard InChI is InChI=1S/C17H23ClO2/c1-2-19-15-8-12(9-15)10-16(18)13-5-6-17-14(11-13)4-3-7-20-17/h5-6,11-12,15-16H,2-4,7-10H2,1H3. The maximum atomic E-state index is 6.60. The molecule has 1 aromatic rings. The minimum atomic E-state index is 0.120. The Balaban J connectivity index is 1.56. The summed E-state index contributed by atoms with van der Waals surface area (Å²) < 4.78 is 11.3. The van der Waals surface area contributed by atoms with Crippen molar-refractivity contribution in [2.45, 2.75) is 50.5 Å². The van der Waals surface area contributed by atoms with Crippen molar-refractivity contribution < 1.29 is 9.47 Å². The fourth-order valence-corrected chi connectivity index (χ4v) is 3.63. The second-order valence-corrected chi connectivity index (χ2v) is 6.46. The average Bonchev–Trinajstić information content (AvgIpc) is 2.44. The molecule has 0 N–H and O–H groups in total. The lowest BCUT2D eigenvalue weighted by molar-refractivity contribution is -0.0267. The molecule has 20 heavy (non-hydrogen) atoms. The van der Waals surface area contributed by atoms with Crippen LogP contribution in [-0.4, -0.2) is 19.3 Å². The molecule has 110 valence electrons. The zero-order valence-corrected chi connectivity index (χ0v) is 12.9. The van der Waals surface area contributed by atoms with Crippen molar-refractivity contribution in [1.29, 1.82) is 0 Å². The number of halogens is 1. The fraction of sp³-hybridized carbons (Fsp3) is 0.647. The zero-order valence-electron chi connectivity index (χ0n) is 12.1. The Bertz CT molecular complexity index is 454. The van der Waals surface area contributed by atoms with E-state index in [0.717, 1.165) is 44.1 Å². The minimum absolute atomic E-state index is 0.120. The molecule has 0 radical (unpaired) electrons. The van der Waals surface area contributed by atoms with Gasteiger partial charge in [-0.25, -0.2) is 0 Å². The number of fused-ring (bicyclic) bond motifs is 1. The second kappa shape index (κ2) is 6.36. The van der Waals surface area contributed by atoms with Gasteiger partial charge in [0.15, 0.2) is 0 Å². The molecular weight excluding hydrogens is 272 g/mol. The van der Waals surface area contributed by atoms with Crippen LogP contribution in [0.25, 0.3) is 0 Å². The Labute approximate surface area is 126 Å². The highest BCUT2D eigenvalue weighted by Gasteiger charge is 2.31. The van der Waals surface area contributed by atoms with E-state index in [-0.39, 0.29) is 5.38 Å². The largest absolute Gasteiger partial charge is 0.493 e. The van der Waals surface area contributed by atoms with Gasteiger partial charge in [-0.05, 0) is 62.1 Å². The summed E-state index contributed by atoms with van der Waals surface area (Å²) in [7, 11) is 0. The first-order valence-corrected chi connectivity index (χ1v) is 8.21. The Kier molecular flexibility index (Phi) is 4.52. The zero-order chi connectivity index (χ0) is 13.9. The molecule has 0 saturated heterocycles. The van der Waals surface area contributed by atoms with Crippen LogP contribution in [0.3, 0.4) is 0 Å². The van der Waals surface area contributed by atoms with Crippen molar-refractivity contribution in [2.75, 3.05) is 13.2 Å². The van der Waals surface area contributed by atoms with E-state index in [4.69, 9.17) is 21.1 Å². The van der Waals surface area contributed by atoms with E-state index in [0.29, 0.717) is 6.10 Å². The van der Waals surface area contributed by atoms with Crippen molar-refractivity contribution in [2.24, 2.45) is 5.92 Å². The van der Waals surface area contributed by atoms with E-state index < -0.39 is 0 Å². The third-order valence-corrected chi connectivity index (χ3v) is 4.86. The highest BCUT2D eigenvalue weighted by molar-refractivity contribution is 6.20. The quantitative estimate of drug-likeness (QED) is 0.745. The average molecular weight is 295 g/mol. The molecule has 3 heteroatoms. The Morgan fingerprint density at radius 3 is 3.05 bits per heavy atom. The van der Waals surface area contributed by atoms with E-state index >= 15 is 0 Å². The van der Waals surface area contributed by atoms with Crippen LogP contribution in [0.1, 0.15) is 49.1 Å². The summed E-state index contributed by atoms with van der Waals surface area (Å²) in [6, 6.07) is 6.45. The number of hydrogen-bond acceptors (Lipinski definition) is 2. The first kappa shape index (κ1) is 14.2. The van der Waals surface area contributed by atoms with Crippen molar-refractivity contribution >= 4 is 11.6 Å². The smallest absolute Gasteiger partial charge is 0.122 e. The first-order chi connectivity index (χ1) is 9.76. The van der Waals surface area contributed by atoms with E-state index in [1.165, 1.54) is 24.0 Å². The lowest BCUT2D eigenvalue weighted by atomic mass is 9.78. The molecule has 1 aliphatic heterocycles. The molecule has 1 heterocycles. The molecule has 0 amide bonds. The number of alkyl halides is 1. The molecule has 1 atom stereocenters. The third kappa shape index (κ3) is 3.12. The van der Waals surface area contributed by atoms with Gasteiger partial charge >= 0.3 is 0 Å². The van der Waals surface area contributed by atoms with Crippen LogP contribution in [0.15, 0.2) is 18.2 Å². The van der Waals surface area contributed by atoms with Gasteiger partial charge < -0.3 is 9.47 Å². The molecule has 1 saturated carbocycles. The van der Waals surface area contributed by atoms with Crippen LogP contribution in [0.5, 0.6) is 5.75 Å². The van der Waals surface area contributed by atoms with Gasteiger partial charge in [0.05, 0.1) is 18.1 Å². The van der Waals surface area contributed by atoms with Gasteiger partial charge in [0.1, 0.15) is 5.75 Å². The number of ether oxygens (including phenoxy) is 2. The Hall–Kier alpha value is -0.730. The van der Waals surface area contributed by atoms with Gasteiger partial charge in [-0.1, -0.05) is 12.1 Å². The molecule has 1 unspecified atom stereocenters. The molecule has 1 aliphatic carbocycles. The van der Waals surface area contributed by atoms with Crippen LogP contribution >= 0.6 is 11.6 Å². The van der Waals surface area contributed by atoms with Gasteiger partial charge in [-0.2, -0.15) is 0 Å². The molecule has 2 aliphatic rings. The first-order valence-electron chi connectivity index (χ1n) is 7.77. The van der Waals surface area contributed by atoms with Crippen molar-refractivity contribution in [3.8, 4) is 5.75 Å². The minimum Gasteiger partial charge on any atom is -0.493 e. The number of benzene rings is 1. The number of rotatable bonds is 5. The summed E-state index contributed by atoms with van der Waals surface area (Å²) in [5.41, 5.74) is 2.57. The van der Waals surface area contributed by atoms with Gasteiger partial charge in [-0.15, -0.1) is 11.6 Å². The van der Waals surface area contributed by atoms with Crippen LogP contribution in [0.2, 0.25) is 0 Å². The molecule has 1 fully saturated rings. The summed E-state index contributed by atoms with van der Waals surface area (Å²) in [5, 5.41) is 0.120. The summed E-state index contributed by atoms with van der Waals surface area (Å²) in [5.74, 6) is 1.77. The maximum absolute atomic E-state index is 6.60. The van der Waals surface area contributed by atoms with Gasteiger partial charge in [0.2, 0.25) is 0 Å². The van der Waals surface area contributed by atoms with Crippen molar-refractivity contribution in [3.05, 3.63) is 29.3 Å². The monoisotopic (exact) mass is 294 g/mol. The molecule has 0 aromatic heterocycles. The van der Waals surface area contributed by atoms with Crippen molar-refractivity contribution in [3.63, 3.8) is 0 Å². The highest BCUT2D eigenvalue weighted by Crippen LogP contribution is 2.40. The van der Waals surface area contributed by atoms with Crippen LogP contribution in [0, 0.1) is 5.92 Å². The molecule has 0 spiro atoms. The normalized spacial score (nSPS) is 26.3. The topological polar surface area (TPSA) is 18.5 Å². The predicted octanol–water partition coefficient (Wildman–Crippen LogP) is 4.50. The molecule has 0 bridgehead atoms. The van der Waals surface area contributed by atoms with Gasteiger partial charge in [-0.3, -0.25) is 0 Å². The third-order valence-electron chi connectivity index (χ3n) is 4.43. The molecule has 3 rings (SSSR count). The van der Waals surface area contributed by atoms with Crippen LogP contribution in [0.4, 0.5) is 0 Å². The highest BCUT2D eigenvalue weighted by atomic mass is 35.5. The Morgan fingerprint density at radius 2 is 2.25 bits per heavy atom. The van der Waals surface area contributed by atoms with Crippen LogP contribution < -0.4 is 4.74 Å². The van der Waals surface area contributed by atoms with Gasteiger partial charge in [0.25, 0.3) is 0 Å². The van der Waals surface area contributed by atoms with Crippen LogP contribution in [-0.2, 0) is 11.2 Å². The SMILES string of the molecule is CCOC1CC(CC(Cl)c2ccc3c(c2)CCCO3)C1. The van der Waals surface area contributed by atoms with Gasteiger partial charge in [0, 0.05) is 6.61 Å². The predicted molar refractivity (Wildman–Crippen MR) is 81.6 cm³/mol. The summed E-state index contributed by atoms with van der Waals surface area (Å²) in [6.07, 6.45) is 6.11. The summed E-state index contributed by atoms with van der Waals surface area (Å²) in [6.45, 7) is 3.73. The van der Waals surface area contributed by atoms with E-state index in [1.807, 2.05) is 0 Å². The number of aryl methyl sites for hydroxylation is 1. The molecular formula is C17H23ClO2. The molecule has 2 nitrogen and oxygen atoms in total. The Morgan fingerprint density at radius 1 is 1.40 bits per heavy atom. The summed E-state index contributed by atoms with van der Waals surface area (Å²) >= 11 is 6.60.